The van der Waals surface area contributed by atoms with Crippen LogP contribution in [0.25, 0.3) is 0 Å². The number of ether oxygens (including phenoxy) is 1. The van der Waals surface area contributed by atoms with E-state index in [1.807, 2.05) is 0 Å². The van der Waals surface area contributed by atoms with Crippen molar-refractivity contribution in [2.75, 3.05) is 0 Å². The Morgan fingerprint density at radius 2 is 2.29 bits per heavy atom. The Bertz CT molecular complexity index is 251. The first-order chi connectivity index (χ1) is 6.57. The lowest BCUT2D eigenvalue weighted by Gasteiger charge is -2.04. The topological polar surface area (TPSA) is 70.3 Å². The number of carboxylic acid groups (broad SMARTS) is 1. The van der Waals surface area contributed by atoms with Crippen LogP contribution in [0.3, 0.4) is 0 Å². The third kappa shape index (κ3) is 6.06. The highest BCUT2D eigenvalue weighted by molar-refractivity contribution is 5.86. The van der Waals surface area contributed by atoms with Gasteiger partial charge in [-0.25, -0.2) is 4.79 Å². The van der Waals surface area contributed by atoms with Gasteiger partial charge in [0.05, 0.1) is 5.57 Å². The molecule has 0 bridgehead atoms. The largest absolute Gasteiger partial charge is 0.478 e. The molecule has 0 saturated heterocycles. The zero-order chi connectivity index (χ0) is 11.0. The molecule has 0 aliphatic heterocycles. The number of carboxylic acids is 1. The van der Waals surface area contributed by atoms with Crippen LogP contribution < -0.4 is 0 Å². The highest BCUT2D eigenvalue weighted by Crippen LogP contribution is 2.12. The Morgan fingerprint density at radius 3 is 2.71 bits per heavy atom. The maximum absolute atomic E-state index is 10.6. The molecule has 4 nitrogen and oxygen atoms in total. The molecular weight excluding hydrogens is 182 g/mol. The second-order valence-electron chi connectivity index (χ2n) is 3.44. The molecule has 0 heterocycles. The van der Waals surface area contributed by atoms with E-state index >= 15 is 0 Å². The summed E-state index contributed by atoms with van der Waals surface area (Å²) in [6, 6.07) is 0. The summed E-state index contributed by atoms with van der Waals surface area (Å²) in [5.41, 5.74) is 0.146. The fourth-order valence-electron chi connectivity index (χ4n) is 1.01. The van der Waals surface area contributed by atoms with Crippen molar-refractivity contribution >= 4 is 5.97 Å². The first kappa shape index (κ1) is 12.5. The normalized spacial score (nSPS) is 11.1. The van der Waals surface area contributed by atoms with Crippen LogP contribution in [0.2, 0.25) is 0 Å². The van der Waals surface area contributed by atoms with Crippen LogP contribution in [0.15, 0.2) is 11.8 Å². The summed E-state index contributed by atoms with van der Waals surface area (Å²) in [7, 11) is 0. The van der Waals surface area contributed by atoms with Gasteiger partial charge in [-0.3, -0.25) is 0 Å². The SMILES string of the molecule is CC(C)CCC/C(=C/OC#N)C(=O)O. The average molecular weight is 197 g/mol. The Hall–Kier alpha value is -1.50. The van der Waals surface area contributed by atoms with Crippen molar-refractivity contribution in [3.63, 3.8) is 0 Å². The summed E-state index contributed by atoms with van der Waals surface area (Å²) in [5, 5.41) is 16.8. The summed E-state index contributed by atoms with van der Waals surface area (Å²) in [6.07, 6.45) is 4.62. The smallest absolute Gasteiger partial charge is 0.334 e. The molecule has 0 aliphatic carbocycles. The molecule has 4 heteroatoms. The van der Waals surface area contributed by atoms with Gasteiger partial charge in [0.25, 0.3) is 6.26 Å². The van der Waals surface area contributed by atoms with E-state index in [-0.39, 0.29) is 5.57 Å². The lowest BCUT2D eigenvalue weighted by atomic mass is 10.0. The van der Waals surface area contributed by atoms with Crippen molar-refractivity contribution in [2.24, 2.45) is 5.92 Å². The minimum Gasteiger partial charge on any atom is -0.478 e. The van der Waals surface area contributed by atoms with Crippen molar-refractivity contribution in [1.29, 1.82) is 5.26 Å². The molecule has 0 rings (SSSR count). The molecule has 1 N–H and O–H groups in total. The molecule has 14 heavy (non-hydrogen) atoms. The molecular formula is C10H15NO3. The maximum Gasteiger partial charge on any atom is 0.334 e. The number of hydrogen-bond donors (Lipinski definition) is 1. The molecule has 0 atom stereocenters. The molecule has 0 aromatic rings. The Kier molecular flexibility index (Phi) is 6.21. The maximum atomic E-state index is 10.6. The molecule has 0 aromatic heterocycles. The second kappa shape index (κ2) is 6.96. The molecule has 0 aliphatic rings. The van der Waals surface area contributed by atoms with Crippen LogP contribution in [-0.4, -0.2) is 11.1 Å². The van der Waals surface area contributed by atoms with Gasteiger partial charge < -0.3 is 9.84 Å². The summed E-state index contributed by atoms with van der Waals surface area (Å²) in [5.74, 6) is -0.467. The van der Waals surface area contributed by atoms with Gasteiger partial charge in [-0.1, -0.05) is 20.3 Å². The molecule has 0 radical (unpaired) electrons. The van der Waals surface area contributed by atoms with Gasteiger partial charge in [-0.15, -0.1) is 5.26 Å². The van der Waals surface area contributed by atoms with Crippen LogP contribution in [0, 0.1) is 17.4 Å². The average Bonchev–Trinajstić information content (AvgIpc) is 2.09. The molecule has 0 amide bonds. The molecule has 0 unspecified atom stereocenters. The zero-order valence-corrected chi connectivity index (χ0v) is 8.49. The van der Waals surface area contributed by atoms with Gasteiger partial charge in [-0.2, -0.15) is 0 Å². The molecule has 0 spiro atoms. The molecule has 0 fully saturated rings. The predicted octanol–water partition coefficient (Wildman–Crippen LogP) is 2.28. The first-order valence-electron chi connectivity index (χ1n) is 4.55. The molecule has 0 saturated carbocycles. The Balaban J connectivity index is 4.00. The van der Waals surface area contributed by atoms with E-state index in [0.29, 0.717) is 12.3 Å². The van der Waals surface area contributed by atoms with Crippen LogP contribution in [0.5, 0.6) is 0 Å². The Labute approximate surface area is 83.8 Å². The number of aliphatic carboxylic acids is 1. The van der Waals surface area contributed by atoms with E-state index in [4.69, 9.17) is 10.4 Å². The van der Waals surface area contributed by atoms with Gasteiger partial charge in [0.15, 0.2) is 0 Å². The summed E-state index contributed by atoms with van der Waals surface area (Å²) in [4.78, 5) is 10.6. The number of nitrogens with zero attached hydrogens (tertiary/aromatic N) is 1. The summed E-state index contributed by atoms with van der Waals surface area (Å²) in [6.45, 7) is 4.16. The summed E-state index contributed by atoms with van der Waals surface area (Å²) >= 11 is 0. The Morgan fingerprint density at radius 1 is 1.64 bits per heavy atom. The minimum absolute atomic E-state index is 0.146. The third-order valence-electron chi connectivity index (χ3n) is 1.76. The first-order valence-corrected chi connectivity index (χ1v) is 4.55. The fourth-order valence-corrected chi connectivity index (χ4v) is 1.01. The van der Waals surface area contributed by atoms with Crippen LogP contribution in [-0.2, 0) is 9.53 Å². The van der Waals surface area contributed by atoms with Crippen molar-refractivity contribution in [2.45, 2.75) is 33.1 Å². The predicted molar refractivity (Wildman–Crippen MR) is 51.1 cm³/mol. The lowest BCUT2D eigenvalue weighted by Crippen LogP contribution is -2.01. The number of rotatable bonds is 6. The van der Waals surface area contributed by atoms with Gasteiger partial charge in [0, 0.05) is 0 Å². The number of carbonyl (C=O) groups is 1. The van der Waals surface area contributed by atoms with E-state index < -0.39 is 5.97 Å². The number of nitriles is 1. The van der Waals surface area contributed by atoms with Gasteiger partial charge in [0.2, 0.25) is 0 Å². The van der Waals surface area contributed by atoms with Gasteiger partial charge in [0.1, 0.15) is 6.26 Å². The van der Waals surface area contributed by atoms with Gasteiger partial charge in [-0.05, 0) is 18.8 Å². The lowest BCUT2D eigenvalue weighted by molar-refractivity contribution is -0.132. The highest BCUT2D eigenvalue weighted by atomic mass is 16.5. The van der Waals surface area contributed by atoms with E-state index in [9.17, 15) is 4.79 Å². The summed E-state index contributed by atoms with van der Waals surface area (Å²) < 4.78 is 4.28. The number of hydrogen-bond acceptors (Lipinski definition) is 3. The quantitative estimate of drug-likeness (QED) is 0.403. The van der Waals surface area contributed by atoms with Crippen LogP contribution >= 0.6 is 0 Å². The van der Waals surface area contributed by atoms with Crippen molar-refractivity contribution in [1.82, 2.24) is 0 Å². The van der Waals surface area contributed by atoms with Crippen molar-refractivity contribution in [3.8, 4) is 6.26 Å². The van der Waals surface area contributed by atoms with E-state index in [2.05, 4.69) is 18.6 Å². The monoisotopic (exact) mass is 197 g/mol. The van der Waals surface area contributed by atoms with Crippen molar-refractivity contribution in [3.05, 3.63) is 11.8 Å². The van der Waals surface area contributed by atoms with Crippen LogP contribution in [0.4, 0.5) is 0 Å². The third-order valence-corrected chi connectivity index (χ3v) is 1.76. The highest BCUT2D eigenvalue weighted by Gasteiger charge is 2.07. The van der Waals surface area contributed by atoms with Gasteiger partial charge >= 0.3 is 5.97 Å². The van der Waals surface area contributed by atoms with E-state index in [1.54, 1.807) is 0 Å². The standard InChI is InChI=1S/C10H15NO3/c1-8(2)4-3-5-9(10(12)13)6-14-7-11/h6,8H,3-5H2,1-2H3,(H,12,13)/b9-6-. The molecule has 0 aromatic carbocycles. The second-order valence-corrected chi connectivity index (χ2v) is 3.44. The van der Waals surface area contributed by atoms with E-state index in [1.165, 1.54) is 6.26 Å². The van der Waals surface area contributed by atoms with E-state index in [0.717, 1.165) is 19.1 Å². The van der Waals surface area contributed by atoms with Crippen LogP contribution in [0.1, 0.15) is 33.1 Å². The molecule has 78 valence electrons. The zero-order valence-electron chi connectivity index (χ0n) is 8.49. The fraction of sp³-hybridized carbons (Fsp3) is 0.600. The minimum atomic E-state index is -1.02. The van der Waals surface area contributed by atoms with Crippen molar-refractivity contribution < 1.29 is 14.6 Å².